The second kappa shape index (κ2) is 3.83. The Morgan fingerprint density at radius 1 is 1.25 bits per heavy atom. The van der Waals surface area contributed by atoms with E-state index in [1.54, 1.807) is 6.26 Å². The first-order valence-electron chi connectivity index (χ1n) is 5.65. The molecule has 3 heteroatoms. The molecule has 0 aromatic heterocycles. The third-order valence-corrected chi connectivity index (χ3v) is 3.17. The Kier molecular flexibility index (Phi) is 2.33. The molecule has 3 rings (SSSR count). The van der Waals surface area contributed by atoms with Crippen LogP contribution in [-0.4, -0.2) is 25.0 Å². The van der Waals surface area contributed by atoms with Crippen molar-refractivity contribution < 1.29 is 9.47 Å². The summed E-state index contributed by atoms with van der Waals surface area (Å²) in [6.45, 7) is 2.18. The number of rotatable bonds is 1. The van der Waals surface area contributed by atoms with Crippen molar-refractivity contribution in [1.82, 2.24) is 4.90 Å². The van der Waals surface area contributed by atoms with E-state index in [9.17, 15) is 0 Å². The predicted molar refractivity (Wildman–Crippen MR) is 61.4 cm³/mol. The van der Waals surface area contributed by atoms with Crippen LogP contribution in [0.3, 0.4) is 0 Å². The highest BCUT2D eigenvalue weighted by atomic mass is 16.6. The summed E-state index contributed by atoms with van der Waals surface area (Å²) >= 11 is 0. The topological polar surface area (TPSA) is 21.7 Å². The van der Waals surface area contributed by atoms with Crippen LogP contribution in [0.2, 0.25) is 0 Å². The lowest BCUT2D eigenvalue weighted by Gasteiger charge is -2.21. The number of ether oxygens (including phenoxy) is 2. The van der Waals surface area contributed by atoms with Gasteiger partial charge in [0.2, 0.25) is 0 Å². The number of benzene rings is 1. The van der Waals surface area contributed by atoms with Crippen molar-refractivity contribution >= 4 is 0 Å². The molecule has 16 heavy (non-hydrogen) atoms. The van der Waals surface area contributed by atoms with Crippen LogP contribution in [-0.2, 0) is 0 Å². The highest BCUT2D eigenvalue weighted by Crippen LogP contribution is 2.35. The van der Waals surface area contributed by atoms with Crippen molar-refractivity contribution in [3.63, 3.8) is 0 Å². The summed E-state index contributed by atoms with van der Waals surface area (Å²) in [6, 6.07) is 7.78. The van der Waals surface area contributed by atoms with E-state index in [-0.39, 0.29) is 0 Å². The van der Waals surface area contributed by atoms with Gasteiger partial charge in [-0.1, -0.05) is 12.1 Å². The van der Waals surface area contributed by atoms with Gasteiger partial charge in [0.15, 0.2) is 11.5 Å². The minimum atomic E-state index is 0.471. The van der Waals surface area contributed by atoms with Crippen LogP contribution in [0.5, 0.6) is 11.5 Å². The maximum Gasteiger partial charge on any atom is 0.169 e. The molecule has 1 saturated heterocycles. The van der Waals surface area contributed by atoms with Crippen LogP contribution in [0.25, 0.3) is 0 Å². The average Bonchev–Trinajstić information content (AvgIpc) is 2.75. The van der Waals surface area contributed by atoms with Crippen molar-refractivity contribution in [1.29, 1.82) is 0 Å². The Morgan fingerprint density at radius 3 is 2.81 bits per heavy atom. The molecule has 0 amide bonds. The Hall–Kier alpha value is -1.48. The van der Waals surface area contributed by atoms with Gasteiger partial charge in [-0.2, -0.15) is 0 Å². The molecule has 0 spiro atoms. The lowest BCUT2D eigenvalue weighted by molar-refractivity contribution is 0.276. The molecule has 1 unspecified atom stereocenters. The van der Waals surface area contributed by atoms with Gasteiger partial charge in [0, 0.05) is 12.5 Å². The van der Waals surface area contributed by atoms with E-state index in [2.05, 4.69) is 11.9 Å². The van der Waals surface area contributed by atoms with E-state index in [1.165, 1.54) is 0 Å². The van der Waals surface area contributed by atoms with Crippen molar-refractivity contribution in [3.05, 3.63) is 36.3 Å². The van der Waals surface area contributed by atoms with E-state index in [1.807, 2.05) is 24.3 Å². The highest BCUT2D eigenvalue weighted by Gasteiger charge is 2.27. The molecule has 0 aliphatic carbocycles. The zero-order valence-electron chi connectivity index (χ0n) is 9.35. The van der Waals surface area contributed by atoms with E-state index in [4.69, 9.17) is 9.47 Å². The zero-order valence-corrected chi connectivity index (χ0v) is 9.35. The van der Waals surface area contributed by atoms with Crippen LogP contribution in [0.1, 0.15) is 6.42 Å². The van der Waals surface area contributed by atoms with Gasteiger partial charge in [-0.15, -0.1) is 0 Å². The first-order valence-corrected chi connectivity index (χ1v) is 5.65. The fourth-order valence-corrected chi connectivity index (χ4v) is 2.25. The number of para-hydroxylation sites is 2. The summed E-state index contributed by atoms with van der Waals surface area (Å²) in [5, 5.41) is 0. The van der Waals surface area contributed by atoms with E-state index < -0.39 is 0 Å². The fourth-order valence-electron chi connectivity index (χ4n) is 2.25. The highest BCUT2D eigenvalue weighted by molar-refractivity contribution is 5.43. The number of fused-ring (bicyclic) bond motifs is 1. The van der Waals surface area contributed by atoms with Gasteiger partial charge in [-0.3, -0.25) is 0 Å². The van der Waals surface area contributed by atoms with Crippen molar-refractivity contribution in [2.24, 2.45) is 5.92 Å². The van der Waals surface area contributed by atoms with Crippen LogP contribution < -0.4 is 9.47 Å². The normalized spacial score (nSPS) is 24.3. The average molecular weight is 217 g/mol. The molecule has 2 aliphatic rings. The Bertz CT molecular complexity index is 428. The van der Waals surface area contributed by atoms with E-state index in [0.717, 1.165) is 36.8 Å². The van der Waals surface area contributed by atoms with Crippen molar-refractivity contribution in [2.45, 2.75) is 6.42 Å². The summed E-state index contributed by atoms with van der Waals surface area (Å²) in [7, 11) is 2.14. The zero-order chi connectivity index (χ0) is 11.0. The molecule has 3 nitrogen and oxygen atoms in total. The number of likely N-dealkylation sites (tertiary alicyclic amines) is 1. The molecular weight excluding hydrogens is 202 g/mol. The Labute approximate surface area is 95.3 Å². The van der Waals surface area contributed by atoms with Gasteiger partial charge in [0.1, 0.15) is 12.0 Å². The molecule has 84 valence electrons. The summed E-state index contributed by atoms with van der Waals surface area (Å²) < 4.78 is 11.5. The molecule has 0 saturated carbocycles. The summed E-state index contributed by atoms with van der Waals surface area (Å²) in [6.07, 6.45) is 2.90. The first kappa shape index (κ1) is 9.73. The molecule has 1 fully saturated rings. The number of nitrogens with zero attached hydrogens (tertiary/aromatic N) is 1. The maximum absolute atomic E-state index is 5.87. The number of hydrogen-bond donors (Lipinski definition) is 0. The second-order valence-corrected chi connectivity index (χ2v) is 4.43. The SMILES string of the molecule is CN1CCC(C2=COc3ccccc3O2)C1. The first-order chi connectivity index (χ1) is 7.83. The quantitative estimate of drug-likeness (QED) is 0.720. The van der Waals surface area contributed by atoms with Gasteiger partial charge in [0.25, 0.3) is 0 Å². The number of hydrogen-bond acceptors (Lipinski definition) is 3. The molecule has 2 aliphatic heterocycles. The monoisotopic (exact) mass is 217 g/mol. The van der Waals surface area contributed by atoms with Crippen molar-refractivity contribution in [3.8, 4) is 11.5 Å². The molecule has 1 atom stereocenters. The fraction of sp³-hybridized carbons (Fsp3) is 0.385. The second-order valence-electron chi connectivity index (χ2n) is 4.43. The van der Waals surface area contributed by atoms with Gasteiger partial charge in [-0.25, -0.2) is 0 Å². The maximum atomic E-state index is 5.87. The summed E-state index contributed by atoms with van der Waals surface area (Å²) in [5.74, 6) is 3.06. The minimum Gasteiger partial charge on any atom is -0.458 e. The summed E-state index contributed by atoms with van der Waals surface area (Å²) in [4.78, 5) is 2.31. The minimum absolute atomic E-state index is 0.471. The van der Waals surface area contributed by atoms with Gasteiger partial charge in [0.05, 0.1) is 0 Å². The standard InChI is InChI=1S/C13H15NO2/c1-14-7-6-10(8-14)13-9-15-11-4-2-3-5-12(11)16-13/h2-5,9-10H,6-8H2,1H3. The van der Waals surface area contributed by atoms with Crippen LogP contribution >= 0.6 is 0 Å². The van der Waals surface area contributed by atoms with Gasteiger partial charge >= 0.3 is 0 Å². The van der Waals surface area contributed by atoms with Crippen LogP contribution in [0, 0.1) is 5.92 Å². The summed E-state index contributed by atoms with van der Waals surface area (Å²) in [5.41, 5.74) is 0. The molecule has 0 radical (unpaired) electrons. The van der Waals surface area contributed by atoms with Gasteiger partial charge < -0.3 is 14.4 Å². The molecule has 0 bridgehead atoms. The lowest BCUT2D eigenvalue weighted by Crippen LogP contribution is -2.18. The van der Waals surface area contributed by atoms with Crippen LogP contribution in [0.4, 0.5) is 0 Å². The molecule has 1 aromatic rings. The molecule has 0 N–H and O–H groups in total. The predicted octanol–water partition coefficient (Wildman–Crippen LogP) is 2.25. The Morgan fingerprint density at radius 2 is 2.06 bits per heavy atom. The third-order valence-electron chi connectivity index (χ3n) is 3.17. The third kappa shape index (κ3) is 1.67. The lowest BCUT2D eigenvalue weighted by atomic mass is 10.1. The van der Waals surface area contributed by atoms with Crippen LogP contribution in [0.15, 0.2) is 36.3 Å². The van der Waals surface area contributed by atoms with E-state index >= 15 is 0 Å². The molecular formula is C13H15NO2. The molecule has 2 heterocycles. The smallest absolute Gasteiger partial charge is 0.169 e. The van der Waals surface area contributed by atoms with E-state index in [0.29, 0.717) is 5.92 Å². The van der Waals surface area contributed by atoms with Gasteiger partial charge in [-0.05, 0) is 32.1 Å². The van der Waals surface area contributed by atoms with Crippen molar-refractivity contribution in [2.75, 3.05) is 20.1 Å². The molecule has 1 aromatic carbocycles. The Balaban J connectivity index is 1.79. The largest absolute Gasteiger partial charge is 0.458 e.